The highest BCUT2D eigenvalue weighted by atomic mass is 35.5. The van der Waals surface area contributed by atoms with Crippen LogP contribution < -0.4 is 9.47 Å². The number of hydrogen-bond acceptors (Lipinski definition) is 7. The molecule has 0 saturated carbocycles. The van der Waals surface area contributed by atoms with Crippen molar-refractivity contribution in [3.8, 4) is 11.5 Å². The molecule has 10 heteroatoms. The van der Waals surface area contributed by atoms with E-state index in [1.54, 1.807) is 24.4 Å². The summed E-state index contributed by atoms with van der Waals surface area (Å²) in [7, 11) is 2.75. The number of carbonyl (C=O) groups excluding carboxylic acids is 2. The maximum Gasteiger partial charge on any atom is 0.295 e. The summed E-state index contributed by atoms with van der Waals surface area (Å²) in [6, 6.07) is 5.61. The van der Waals surface area contributed by atoms with Gasteiger partial charge in [-0.1, -0.05) is 29.3 Å². The zero-order valence-electron chi connectivity index (χ0n) is 19.3. The third-order valence-corrected chi connectivity index (χ3v) is 5.92. The number of methoxy groups -OCH3 is 2. The number of ketones is 1. The molecule has 182 valence electrons. The number of likely N-dealkylation sites (tertiary alicyclic amines) is 1. The van der Waals surface area contributed by atoms with Crippen LogP contribution >= 0.6 is 23.2 Å². The van der Waals surface area contributed by atoms with E-state index in [1.807, 2.05) is 13.8 Å². The van der Waals surface area contributed by atoms with Gasteiger partial charge in [-0.25, -0.2) is 0 Å². The van der Waals surface area contributed by atoms with E-state index in [4.69, 9.17) is 37.4 Å². The Morgan fingerprint density at radius 2 is 1.88 bits per heavy atom. The molecule has 2 heterocycles. The van der Waals surface area contributed by atoms with Crippen molar-refractivity contribution in [2.45, 2.75) is 32.4 Å². The van der Waals surface area contributed by atoms with Crippen molar-refractivity contribution in [3.63, 3.8) is 0 Å². The number of aliphatic hydroxyl groups excluding tert-OH is 1. The quantitative estimate of drug-likeness (QED) is 0.228. The summed E-state index contributed by atoms with van der Waals surface area (Å²) in [4.78, 5) is 31.9. The summed E-state index contributed by atoms with van der Waals surface area (Å²) in [5.41, 5.74) is 0.349. The summed E-state index contributed by atoms with van der Waals surface area (Å²) in [6.45, 7) is 4.47. The first-order valence-electron chi connectivity index (χ1n) is 10.6. The largest absolute Gasteiger partial charge is 0.507 e. The van der Waals surface area contributed by atoms with Gasteiger partial charge in [0.2, 0.25) is 0 Å². The summed E-state index contributed by atoms with van der Waals surface area (Å²) in [5, 5.41) is 11.4. The molecule has 1 N–H and O–H groups in total. The van der Waals surface area contributed by atoms with Gasteiger partial charge in [-0.15, -0.1) is 0 Å². The number of carbonyl (C=O) groups is 2. The number of halogens is 2. The summed E-state index contributed by atoms with van der Waals surface area (Å²) in [5.74, 6) is -1.85. The normalized spacial score (nSPS) is 17.5. The van der Waals surface area contributed by atoms with Crippen LogP contribution in [0.2, 0.25) is 10.0 Å². The van der Waals surface area contributed by atoms with Gasteiger partial charge in [0.25, 0.3) is 11.7 Å². The van der Waals surface area contributed by atoms with E-state index in [1.165, 1.54) is 25.2 Å². The number of benzene rings is 1. The topological polar surface area (TPSA) is 98.2 Å². The molecule has 1 aromatic heterocycles. The lowest BCUT2D eigenvalue weighted by molar-refractivity contribution is -0.140. The highest BCUT2D eigenvalue weighted by Gasteiger charge is 2.47. The average molecular weight is 509 g/mol. The van der Waals surface area contributed by atoms with E-state index < -0.39 is 23.5 Å². The fourth-order valence-electron chi connectivity index (χ4n) is 3.80. The van der Waals surface area contributed by atoms with Crippen LogP contribution in [0.25, 0.3) is 5.76 Å². The van der Waals surface area contributed by atoms with Gasteiger partial charge in [-0.3, -0.25) is 14.6 Å². The van der Waals surface area contributed by atoms with Crippen LogP contribution in [0.1, 0.15) is 37.6 Å². The Morgan fingerprint density at radius 1 is 1.18 bits per heavy atom. The third-order valence-electron chi connectivity index (χ3n) is 5.30. The number of amides is 1. The van der Waals surface area contributed by atoms with Crippen molar-refractivity contribution in [2.75, 3.05) is 27.4 Å². The van der Waals surface area contributed by atoms with E-state index in [0.29, 0.717) is 18.7 Å². The Balaban J connectivity index is 2.15. The van der Waals surface area contributed by atoms with Gasteiger partial charge in [0.1, 0.15) is 16.8 Å². The number of aromatic nitrogens is 1. The minimum atomic E-state index is -0.912. The minimum absolute atomic E-state index is 0.0218. The molecule has 1 aromatic carbocycles. The first kappa shape index (κ1) is 25.8. The van der Waals surface area contributed by atoms with Crippen LogP contribution in [0.5, 0.6) is 11.5 Å². The zero-order chi connectivity index (χ0) is 25.0. The lowest BCUT2D eigenvalue weighted by atomic mass is 9.97. The van der Waals surface area contributed by atoms with Gasteiger partial charge in [-0.05, 0) is 38.5 Å². The van der Waals surface area contributed by atoms with E-state index >= 15 is 0 Å². The van der Waals surface area contributed by atoms with Gasteiger partial charge >= 0.3 is 0 Å². The molecule has 3 rings (SSSR count). The molecule has 0 aliphatic carbocycles. The van der Waals surface area contributed by atoms with Crippen LogP contribution in [-0.2, 0) is 14.3 Å². The van der Waals surface area contributed by atoms with Crippen LogP contribution in [0, 0.1) is 0 Å². The molecule has 0 radical (unpaired) electrons. The minimum Gasteiger partial charge on any atom is -0.507 e. The van der Waals surface area contributed by atoms with Gasteiger partial charge in [-0.2, -0.15) is 0 Å². The molecule has 34 heavy (non-hydrogen) atoms. The SMILES string of the molecule is COc1c(Cl)cc(/C(O)=C2\C(=O)C(=O)N(CCCOC(C)C)C2c2ccccn2)c(OC)c1Cl. The monoisotopic (exact) mass is 508 g/mol. The molecule has 1 saturated heterocycles. The van der Waals surface area contributed by atoms with Gasteiger partial charge < -0.3 is 24.2 Å². The fourth-order valence-corrected chi connectivity index (χ4v) is 4.49. The molecule has 1 aliphatic heterocycles. The second-order valence-corrected chi connectivity index (χ2v) is 8.59. The molecule has 1 fully saturated rings. The number of aliphatic hydroxyl groups is 1. The Hall–Kier alpha value is -2.81. The first-order chi connectivity index (χ1) is 16.2. The van der Waals surface area contributed by atoms with Gasteiger partial charge in [0, 0.05) is 19.3 Å². The number of pyridine rings is 1. The molecule has 1 unspecified atom stereocenters. The summed E-state index contributed by atoms with van der Waals surface area (Å²) in [6.07, 6.45) is 2.09. The number of nitrogens with zero attached hydrogens (tertiary/aromatic N) is 2. The Kier molecular flexibility index (Phi) is 8.41. The number of rotatable bonds is 9. The second-order valence-electron chi connectivity index (χ2n) is 7.81. The van der Waals surface area contributed by atoms with Crippen molar-refractivity contribution >= 4 is 40.7 Å². The van der Waals surface area contributed by atoms with Crippen molar-refractivity contribution in [1.82, 2.24) is 9.88 Å². The lowest BCUT2D eigenvalue weighted by Gasteiger charge is -2.25. The zero-order valence-corrected chi connectivity index (χ0v) is 20.8. The van der Waals surface area contributed by atoms with E-state index in [2.05, 4.69) is 4.98 Å². The molecule has 1 atom stereocenters. The number of ether oxygens (including phenoxy) is 3. The third kappa shape index (κ3) is 4.99. The second kappa shape index (κ2) is 11.1. The van der Waals surface area contributed by atoms with Crippen LogP contribution in [-0.4, -0.2) is 60.2 Å². The van der Waals surface area contributed by atoms with Crippen molar-refractivity contribution in [3.05, 3.63) is 57.3 Å². The molecule has 0 bridgehead atoms. The molecular formula is C24H26Cl2N2O6. The predicted octanol–water partition coefficient (Wildman–Crippen LogP) is 4.64. The molecule has 0 spiro atoms. The van der Waals surface area contributed by atoms with Gasteiger partial charge in [0.05, 0.1) is 42.2 Å². The van der Waals surface area contributed by atoms with E-state index in [-0.39, 0.29) is 45.3 Å². The highest BCUT2D eigenvalue weighted by Crippen LogP contribution is 2.47. The van der Waals surface area contributed by atoms with E-state index in [0.717, 1.165) is 0 Å². The molecule has 8 nitrogen and oxygen atoms in total. The molecule has 2 aromatic rings. The standard InChI is InChI=1S/C24H26Cl2N2O6/c1-13(2)34-11-7-10-28-19(16-8-5-6-9-27-16)17(21(30)24(28)31)20(29)14-12-15(25)23(33-4)18(26)22(14)32-3/h5-6,8-9,12-13,19,29H,7,10-11H2,1-4H3/b20-17+. The number of Topliss-reactive ketones (excluding diaryl/α,β-unsaturated/α-hetero) is 1. The summed E-state index contributed by atoms with van der Waals surface area (Å²) < 4.78 is 16.2. The van der Waals surface area contributed by atoms with Crippen molar-refractivity contribution < 1.29 is 28.9 Å². The Labute approximate surface area is 208 Å². The predicted molar refractivity (Wildman–Crippen MR) is 129 cm³/mol. The Bertz CT molecular complexity index is 1100. The first-order valence-corrected chi connectivity index (χ1v) is 11.4. The maximum atomic E-state index is 13.1. The van der Waals surface area contributed by atoms with Crippen LogP contribution in [0.3, 0.4) is 0 Å². The molecule has 1 amide bonds. The lowest BCUT2D eigenvalue weighted by Crippen LogP contribution is -2.31. The average Bonchev–Trinajstić information content (AvgIpc) is 3.06. The van der Waals surface area contributed by atoms with Crippen LogP contribution in [0.4, 0.5) is 0 Å². The van der Waals surface area contributed by atoms with Crippen molar-refractivity contribution in [1.29, 1.82) is 0 Å². The van der Waals surface area contributed by atoms with Crippen molar-refractivity contribution in [2.24, 2.45) is 0 Å². The molecule has 1 aliphatic rings. The van der Waals surface area contributed by atoms with Gasteiger partial charge in [0.15, 0.2) is 11.5 Å². The van der Waals surface area contributed by atoms with Crippen LogP contribution in [0.15, 0.2) is 36.0 Å². The number of hydrogen-bond donors (Lipinski definition) is 1. The fraction of sp³-hybridized carbons (Fsp3) is 0.375. The highest BCUT2D eigenvalue weighted by molar-refractivity contribution is 6.47. The molecular weight excluding hydrogens is 483 g/mol. The maximum absolute atomic E-state index is 13.1. The van der Waals surface area contributed by atoms with E-state index in [9.17, 15) is 14.7 Å². The Morgan fingerprint density at radius 3 is 2.47 bits per heavy atom. The summed E-state index contributed by atoms with van der Waals surface area (Å²) >= 11 is 12.7. The smallest absolute Gasteiger partial charge is 0.295 e.